The maximum Gasteiger partial charge on any atom is 0.421 e. The molecule has 0 spiro atoms. The number of piperidine rings is 1. The van der Waals surface area contributed by atoms with Gasteiger partial charge in [-0.1, -0.05) is 24.3 Å². The van der Waals surface area contributed by atoms with Gasteiger partial charge < -0.3 is 25.0 Å². The van der Waals surface area contributed by atoms with Crippen molar-refractivity contribution in [3.63, 3.8) is 0 Å². The second-order valence-corrected chi connectivity index (χ2v) is 13.6. The number of carbonyl (C=O) groups excluding carboxylic acids is 1. The Morgan fingerprint density at radius 1 is 1.13 bits per heavy atom. The summed E-state index contributed by atoms with van der Waals surface area (Å²) < 4.78 is 77.0. The average Bonchev–Trinajstić information content (AvgIpc) is 3.34. The van der Waals surface area contributed by atoms with E-state index in [1.54, 1.807) is 18.2 Å². The number of hydrogen-bond donors (Lipinski definition) is 4. The lowest BCUT2D eigenvalue weighted by atomic mass is 10.1. The van der Waals surface area contributed by atoms with Crippen LogP contribution in [0.1, 0.15) is 35.6 Å². The fourth-order valence-corrected chi connectivity index (χ4v) is 6.03. The number of halogens is 3. The molecule has 2 heterocycles. The number of aromatic nitrogens is 2. The van der Waals surface area contributed by atoms with Crippen LogP contribution < -0.4 is 26.0 Å². The summed E-state index contributed by atoms with van der Waals surface area (Å²) in [4.78, 5) is 22.7. The van der Waals surface area contributed by atoms with E-state index in [2.05, 4.69) is 36.1 Å². The highest BCUT2D eigenvalue weighted by molar-refractivity contribution is 7.90. The number of sulfone groups is 1. The highest BCUT2D eigenvalue weighted by atomic mass is 32.2. The Morgan fingerprint density at radius 3 is 2.57 bits per heavy atom. The van der Waals surface area contributed by atoms with Gasteiger partial charge in [-0.15, -0.1) is 0 Å². The van der Waals surface area contributed by atoms with Gasteiger partial charge in [0.1, 0.15) is 23.2 Å². The minimum atomic E-state index is -4.77. The third-order valence-electron chi connectivity index (χ3n) is 7.85. The third-order valence-corrected chi connectivity index (χ3v) is 8.54. The molecule has 1 fully saturated rings. The van der Waals surface area contributed by atoms with Gasteiger partial charge in [-0.3, -0.25) is 10.6 Å². The first-order chi connectivity index (χ1) is 21.8. The summed E-state index contributed by atoms with van der Waals surface area (Å²) in [5, 5.41) is 11.4. The molecular weight excluding hydrogens is 627 g/mol. The molecule has 12 nitrogen and oxygen atoms in total. The summed E-state index contributed by atoms with van der Waals surface area (Å²) in [5.74, 6) is -0.699. The van der Waals surface area contributed by atoms with Crippen molar-refractivity contribution in [3.8, 4) is 5.75 Å². The van der Waals surface area contributed by atoms with E-state index in [4.69, 9.17) is 9.47 Å². The number of hydrogen-bond acceptors (Lipinski definition) is 11. The van der Waals surface area contributed by atoms with Crippen LogP contribution in [0.2, 0.25) is 0 Å². The molecule has 1 aliphatic carbocycles. The molecule has 0 radical (unpaired) electrons. The number of likely N-dealkylation sites (tertiary alicyclic amines) is 1. The second kappa shape index (κ2) is 13.7. The number of methoxy groups -OCH3 is 1. The summed E-state index contributed by atoms with van der Waals surface area (Å²) in [7, 11) is 0.0108. The van der Waals surface area contributed by atoms with Gasteiger partial charge in [0.2, 0.25) is 5.95 Å². The lowest BCUT2D eigenvalue weighted by molar-refractivity contribution is -0.137. The summed E-state index contributed by atoms with van der Waals surface area (Å²) in [6, 6.07) is 10.7. The van der Waals surface area contributed by atoms with E-state index < -0.39 is 45.6 Å². The van der Waals surface area contributed by atoms with Gasteiger partial charge in [0, 0.05) is 37.3 Å². The van der Waals surface area contributed by atoms with Crippen LogP contribution in [-0.2, 0) is 27.2 Å². The van der Waals surface area contributed by atoms with Crippen molar-refractivity contribution in [2.75, 3.05) is 55.3 Å². The highest BCUT2D eigenvalue weighted by Crippen LogP contribution is 2.38. The van der Waals surface area contributed by atoms with Gasteiger partial charge in [0.25, 0.3) is 0 Å². The zero-order chi connectivity index (χ0) is 33.1. The van der Waals surface area contributed by atoms with E-state index in [1.165, 1.54) is 13.2 Å². The SMILES string of the molecule is COc1cc(NC(=O)OC2CCN(C)CC2)ccc1Nc1ncc(C(F)(F)F)c(N[C@@H]2Cc3ccccc3[C@H]2NCS(C)(=O)=O)n1. The van der Waals surface area contributed by atoms with Crippen LogP contribution in [0.25, 0.3) is 0 Å². The van der Waals surface area contributed by atoms with Crippen LogP contribution >= 0.6 is 0 Å². The molecule has 2 aromatic carbocycles. The number of ether oxygens (including phenoxy) is 2. The lowest BCUT2D eigenvalue weighted by Gasteiger charge is -2.28. The molecule has 1 amide bonds. The molecule has 0 saturated carbocycles. The van der Waals surface area contributed by atoms with Crippen LogP contribution in [0.15, 0.2) is 48.7 Å². The Kier molecular flexibility index (Phi) is 9.88. The molecule has 4 N–H and O–H groups in total. The lowest BCUT2D eigenvalue weighted by Crippen LogP contribution is -2.37. The molecule has 16 heteroatoms. The van der Waals surface area contributed by atoms with Crippen LogP contribution in [0.5, 0.6) is 5.75 Å². The third kappa shape index (κ3) is 8.35. The van der Waals surface area contributed by atoms with Crippen molar-refractivity contribution in [3.05, 3.63) is 65.4 Å². The van der Waals surface area contributed by atoms with Crippen molar-refractivity contribution >= 4 is 39.1 Å². The molecule has 1 aromatic heterocycles. The number of anilines is 4. The molecule has 2 aliphatic rings. The first kappa shape index (κ1) is 33.2. The number of benzene rings is 2. The van der Waals surface area contributed by atoms with Crippen molar-refractivity contribution in [1.29, 1.82) is 0 Å². The molecule has 3 aromatic rings. The van der Waals surface area contributed by atoms with E-state index in [9.17, 15) is 26.4 Å². The fraction of sp³-hybridized carbons (Fsp3) is 0.433. The van der Waals surface area contributed by atoms with Crippen LogP contribution in [0.3, 0.4) is 0 Å². The molecule has 5 rings (SSSR count). The summed E-state index contributed by atoms with van der Waals surface area (Å²) in [6.45, 7) is 1.68. The van der Waals surface area contributed by atoms with E-state index in [1.807, 2.05) is 25.2 Å². The van der Waals surface area contributed by atoms with Gasteiger partial charge in [0.15, 0.2) is 9.84 Å². The van der Waals surface area contributed by atoms with Gasteiger partial charge in [0.05, 0.1) is 30.8 Å². The first-order valence-corrected chi connectivity index (χ1v) is 16.7. The van der Waals surface area contributed by atoms with Crippen LogP contribution in [0.4, 0.5) is 41.1 Å². The van der Waals surface area contributed by atoms with Gasteiger partial charge in [-0.25, -0.2) is 18.2 Å². The zero-order valence-corrected chi connectivity index (χ0v) is 26.3. The zero-order valence-electron chi connectivity index (χ0n) is 25.5. The highest BCUT2D eigenvalue weighted by Gasteiger charge is 2.38. The Bertz CT molecular complexity index is 1670. The maximum atomic E-state index is 14.1. The van der Waals surface area contributed by atoms with Gasteiger partial charge >= 0.3 is 12.3 Å². The number of rotatable bonds is 10. The number of alkyl halides is 3. The normalized spacial score (nSPS) is 18.9. The average molecular weight is 664 g/mol. The smallest absolute Gasteiger partial charge is 0.421 e. The number of fused-ring (bicyclic) bond motifs is 1. The number of amides is 1. The van der Waals surface area contributed by atoms with Gasteiger partial charge in [-0.2, -0.15) is 18.2 Å². The quantitative estimate of drug-likeness (QED) is 0.242. The van der Waals surface area contributed by atoms with Crippen LogP contribution in [-0.4, -0.2) is 80.9 Å². The molecular formula is C30H36F3N7O5S. The van der Waals surface area contributed by atoms with E-state index >= 15 is 0 Å². The number of nitrogens with zero attached hydrogens (tertiary/aromatic N) is 3. The predicted octanol–water partition coefficient (Wildman–Crippen LogP) is 4.56. The molecule has 46 heavy (non-hydrogen) atoms. The predicted molar refractivity (Wildman–Crippen MR) is 167 cm³/mol. The minimum absolute atomic E-state index is 0.146. The fourth-order valence-electron chi connectivity index (χ4n) is 5.55. The largest absolute Gasteiger partial charge is 0.494 e. The Balaban J connectivity index is 1.34. The van der Waals surface area contributed by atoms with Crippen LogP contribution in [0, 0.1) is 0 Å². The van der Waals surface area contributed by atoms with Crippen molar-refractivity contribution in [1.82, 2.24) is 20.2 Å². The molecule has 1 aliphatic heterocycles. The number of carbonyl (C=O) groups is 1. The van der Waals surface area contributed by atoms with E-state index in [-0.39, 0.29) is 23.7 Å². The number of nitrogens with one attached hydrogen (secondary N) is 4. The Morgan fingerprint density at radius 2 is 1.87 bits per heavy atom. The molecule has 248 valence electrons. The Labute approximate surface area is 265 Å². The molecule has 0 unspecified atom stereocenters. The first-order valence-electron chi connectivity index (χ1n) is 14.6. The molecule has 2 atom stereocenters. The van der Waals surface area contributed by atoms with E-state index in [0.29, 0.717) is 24.0 Å². The monoisotopic (exact) mass is 663 g/mol. The van der Waals surface area contributed by atoms with Crippen molar-refractivity contribution in [2.45, 2.75) is 43.6 Å². The standard InChI is InChI=1S/C30H36F3N7O5S/c1-40-12-10-20(11-13-40)45-29(41)36-19-8-9-23(25(15-19)44-2)38-28-34-16-22(30(31,32)33)27(39-28)37-24-14-18-6-4-5-7-21(18)26(24)35-17-46(3,42)43/h4-9,15-16,20,24,26,35H,10-14,17H2,1-3H3,(H,36,41)(H2,34,37,38,39)/t24-,26-/m1/s1. The molecule has 1 saturated heterocycles. The summed E-state index contributed by atoms with van der Waals surface area (Å²) in [6.07, 6.45) is -1.97. The second-order valence-electron chi connectivity index (χ2n) is 11.4. The summed E-state index contributed by atoms with van der Waals surface area (Å²) in [5.41, 5.74) is 1.32. The molecule has 0 bridgehead atoms. The van der Waals surface area contributed by atoms with Crippen molar-refractivity contribution < 1.29 is 35.9 Å². The topological polar surface area (TPSA) is 147 Å². The van der Waals surface area contributed by atoms with E-state index in [0.717, 1.165) is 43.3 Å². The minimum Gasteiger partial charge on any atom is -0.494 e. The Hall–Kier alpha value is -4.15. The van der Waals surface area contributed by atoms with Gasteiger partial charge in [-0.05, 0) is 49.6 Å². The maximum absolute atomic E-state index is 14.1. The van der Waals surface area contributed by atoms with Crippen molar-refractivity contribution in [2.24, 2.45) is 0 Å². The summed E-state index contributed by atoms with van der Waals surface area (Å²) >= 11 is 0.